The van der Waals surface area contributed by atoms with E-state index in [-0.39, 0.29) is 17.4 Å². The van der Waals surface area contributed by atoms with E-state index in [1.807, 2.05) is 18.2 Å². The van der Waals surface area contributed by atoms with Gasteiger partial charge in [0.25, 0.3) is 0 Å². The first-order valence-electron chi connectivity index (χ1n) is 8.20. The van der Waals surface area contributed by atoms with Gasteiger partial charge in [-0.3, -0.25) is 4.90 Å². The van der Waals surface area contributed by atoms with Gasteiger partial charge in [-0.1, -0.05) is 24.6 Å². The number of nitrogen functional groups attached to an aromatic ring is 2. The summed E-state index contributed by atoms with van der Waals surface area (Å²) < 4.78 is 5.95. The molecular formula is C18H19N5O. The molecule has 1 aromatic carbocycles. The zero-order chi connectivity index (χ0) is 16.7. The number of rotatable bonds is 1. The van der Waals surface area contributed by atoms with Crippen LogP contribution in [-0.2, 0) is 0 Å². The highest BCUT2D eigenvalue weighted by Crippen LogP contribution is 2.49. The normalized spacial score (nSPS) is 19.7. The van der Waals surface area contributed by atoms with Crippen LogP contribution in [0.1, 0.15) is 42.0 Å². The molecule has 3 heterocycles. The van der Waals surface area contributed by atoms with E-state index in [1.165, 1.54) is 6.42 Å². The van der Waals surface area contributed by atoms with Crippen LogP contribution < -0.4 is 16.2 Å². The smallest absolute Gasteiger partial charge is 0.228 e. The second kappa shape index (κ2) is 5.69. The molecule has 4 N–H and O–H groups in total. The molecule has 0 bridgehead atoms. The quantitative estimate of drug-likeness (QED) is 0.837. The van der Waals surface area contributed by atoms with Crippen molar-refractivity contribution in [2.45, 2.75) is 25.3 Å². The number of fused-ring (bicyclic) bond motifs is 2. The van der Waals surface area contributed by atoms with Gasteiger partial charge in [0, 0.05) is 5.56 Å². The minimum absolute atomic E-state index is 0.0505. The number of likely N-dealkylation sites (tertiary alicyclic amines) is 1. The van der Waals surface area contributed by atoms with E-state index in [4.69, 9.17) is 16.2 Å². The van der Waals surface area contributed by atoms with Crippen molar-refractivity contribution in [1.29, 1.82) is 5.26 Å². The number of ether oxygens (including phenoxy) is 1. The summed E-state index contributed by atoms with van der Waals surface area (Å²) in [4.78, 5) is 6.72. The van der Waals surface area contributed by atoms with E-state index in [9.17, 15) is 5.26 Å². The molecule has 1 atom stereocenters. The number of hydrogen-bond donors (Lipinski definition) is 2. The SMILES string of the molecule is N#Cc1c(N)nc2c(c1N)C(N1CCCCC1)c1ccccc1O2. The van der Waals surface area contributed by atoms with Crippen LogP contribution in [0.25, 0.3) is 0 Å². The number of pyridine rings is 1. The van der Waals surface area contributed by atoms with E-state index in [2.05, 4.69) is 22.0 Å². The number of nitrogens with zero attached hydrogens (tertiary/aromatic N) is 3. The Kier molecular flexibility index (Phi) is 3.51. The highest BCUT2D eigenvalue weighted by molar-refractivity contribution is 5.73. The zero-order valence-electron chi connectivity index (χ0n) is 13.3. The second-order valence-electron chi connectivity index (χ2n) is 6.26. The summed E-state index contributed by atoms with van der Waals surface area (Å²) in [5, 5.41) is 9.39. The van der Waals surface area contributed by atoms with Crippen molar-refractivity contribution in [2.75, 3.05) is 24.6 Å². The Hall–Kier alpha value is -2.78. The predicted octanol–water partition coefficient (Wildman–Crippen LogP) is 2.80. The molecule has 0 saturated carbocycles. The monoisotopic (exact) mass is 321 g/mol. The Bertz CT molecular complexity index is 836. The topological polar surface area (TPSA) is 101 Å². The summed E-state index contributed by atoms with van der Waals surface area (Å²) in [6.07, 6.45) is 3.55. The van der Waals surface area contributed by atoms with E-state index >= 15 is 0 Å². The van der Waals surface area contributed by atoms with Crippen molar-refractivity contribution in [2.24, 2.45) is 0 Å². The molecule has 2 aliphatic heterocycles. The Morgan fingerprint density at radius 3 is 2.67 bits per heavy atom. The van der Waals surface area contributed by atoms with Crippen molar-refractivity contribution in [3.63, 3.8) is 0 Å². The maximum Gasteiger partial charge on any atom is 0.228 e. The average molecular weight is 321 g/mol. The lowest BCUT2D eigenvalue weighted by molar-refractivity contribution is 0.177. The third kappa shape index (κ3) is 2.17. The maximum absolute atomic E-state index is 9.39. The van der Waals surface area contributed by atoms with Gasteiger partial charge in [0.15, 0.2) is 0 Å². The highest BCUT2D eigenvalue weighted by Gasteiger charge is 2.36. The second-order valence-corrected chi connectivity index (χ2v) is 6.26. The van der Waals surface area contributed by atoms with Gasteiger partial charge in [-0.15, -0.1) is 0 Å². The molecule has 1 unspecified atom stereocenters. The Labute approximate surface area is 140 Å². The largest absolute Gasteiger partial charge is 0.438 e. The molecule has 1 aromatic heterocycles. The number of benzene rings is 1. The van der Waals surface area contributed by atoms with Gasteiger partial charge in [0.1, 0.15) is 23.2 Å². The molecule has 1 fully saturated rings. The van der Waals surface area contributed by atoms with Crippen LogP contribution in [0.2, 0.25) is 0 Å². The predicted molar refractivity (Wildman–Crippen MR) is 91.6 cm³/mol. The Balaban J connectivity index is 1.94. The molecule has 0 aliphatic carbocycles. The lowest BCUT2D eigenvalue weighted by Crippen LogP contribution is -2.36. The van der Waals surface area contributed by atoms with Crippen molar-refractivity contribution >= 4 is 11.5 Å². The molecule has 122 valence electrons. The van der Waals surface area contributed by atoms with Crippen LogP contribution in [0.3, 0.4) is 0 Å². The van der Waals surface area contributed by atoms with Gasteiger partial charge < -0.3 is 16.2 Å². The van der Waals surface area contributed by atoms with Gasteiger partial charge in [-0.25, -0.2) is 0 Å². The lowest BCUT2D eigenvalue weighted by Gasteiger charge is -2.39. The summed E-state index contributed by atoms with van der Waals surface area (Å²) in [6, 6.07) is 9.95. The Morgan fingerprint density at radius 1 is 1.17 bits per heavy atom. The minimum atomic E-state index is -0.0505. The minimum Gasteiger partial charge on any atom is -0.438 e. The highest BCUT2D eigenvalue weighted by atomic mass is 16.5. The van der Waals surface area contributed by atoms with Gasteiger partial charge in [-0.05, 0) is 32.0 Å². The molecule has 0 spiro atoms. The number of aromatic nitrogens is 1. The summed E-state index contributed by atoms with van der Waals surface area (Å²) >= 11 is 0. The van der Waals surface area contributed by atoms with E-state index in [0.29, 0.717) is 11.6 Å². The van der Waals surface area contributed by atoms with E-state index in [0.717, 1.165) is 42.8 Å². The number of para-hydroxylation sites is 1. The molecule has 6 nitrogen and oxygen atoms in total. The van der Waals surface area contributed by atoms with Crippen molar-refractivity contribution in [1.82, 2.24) is 9.88 Å². The summed E-state index contributed by atoms with van der Waals surface area (Å²) in [5.74, 6) is 1.31. The molecule has 6 heteroatoms. The standard InChI is InChI=1S/C18H19N5O/c19-10-12-15(20)14-16(23-8-4-1-5-9-23)11-6-2-3-7-13(11)24-18(14)22-17(12)21/h2-3,6-7,16H,1,4-5,8-9H2,(H4,20,21,22). The fourth-order valence-electron chi connectivity index (χ4n) is 3.69. The fourth-order valence-corrected chi connectivity index (χ4v) is 3.69. The maximum atomic E-state index is 9.39. The number of anilines is 2. The van der Waals surface area contributed by atoms with Crippen LogP contribution in [0.5, 0.6) is 11.6 Å². The van der Waals surface area contributed by atoms with Crippen LogP contribution in [0, 0.1) is 11.3 Å². The molecule has 4 rings (SSSR count). The van der Waals surface area contributed by atoms with Crippen LogP contribution in [0.4, 0.5) is 11.5 Å². The van der Waals surface area contributed by atoms with Crippen LogP contribution in [0.15, 0.2) is 24.3 Å². The number of nitrogens with two attached hydrogens (primary N) is 2. The first-order valence-corrected chi connectivity index (χ1v) is 8.20. The van der Waals surface area contributed by atoms with Gasteiger partial charge >= 0.3 is 0 Å². The molecule has 2 aromatic rings. The molecule has 24 heavy (non-hydrogen) atoms. The van der Waals surface area contributed by atoms with Gasteiger partial charge in [-0.2, -0.15) is 10.2 Å². The van der Waals surface area contributed by atoms with E-state index in [1.54, 1.807) is 0 Å². The van der Waals surface area contributed by atoms with Crippen LogP contribution >= 0.6 is 0 Å². The third-order valence-electron chi connectivity index (χ3n) is 4.83. The lowest BCUT2D eigenvalue weighted by atomic mass is 9.91. The molecule has 0 radical (unpaired) electrons. The molecular weight excluding hydrogens is 302 g/mol. The van der Waals surface area contributed by atoms with Gasteiger partial charge in [0.2, 0.25) is 5.88 Å². The number of piperidine rings is 1. The first kappa shape index (κ1) is 14.8. The zero-order valence-corrected chi connectivity index (χ0v) is 13.3. The Morgan fingerprint density at radius 2 is 1.92 bits per heavy atom. The fraction of sp³-hybridized carbons (Fsp3) is 0.333. The van der Waals surface area contributed by atoms with Gasteiger partial charge in [0.05, 0.1) is 17.3 Å². The van der Waals surface area contributed by atoms with Crippen molar-refractivity contribution < 1.29 is 4.74 Å². The summed E-state index contributed by atoms with van der Waals surface area (Å²) in [5.41, 5.74) is 14.7. The molecule has 2 aliphatic rings. The third-order valence-corrected chi connectivity index (χ3v) is 4.83. The number of nitriles is 1. The molecule has 1 saturated heterocycles. The van der Waals surface area contributed by atoms with Crippen molar-refractivity contribution in [3.05, 3.63) is 41.0 Å². The first-order chi connectivity index (χ1) is 11.7. The average Bonchev–Trinajstić information content (AvgIpc) is 2.61. The van der Waals surface area contributed by atoms with Crippen LogP contribution in [-0.4, -0.2) is 23.0 Å². The number of hydrogen-bond acceptors (Lipinski definition) is 6. The summed E-state index contributed by atoms with van der Waals surface area (Å²) in [7, 11) is 0. The summed E-state index contributed by atoms with van der Waals surface area (Å²) in [6.45, 7) is 1.98. The van der Waals surface area contributed by atoms with E-state index < -0.39 is 0 Å². The molecule has 0 amide bonds. The van der Waals surface area contributed by atoms with Crippen molar-refractivity contribution in [3.8, 4) is 17.7 Å².